The second kappa shape index (κ2) is 5.20. The van der Waals surface area contributed by atoms with Gasteiger partial charge < -0.3 is 0 Å². The van der Waals surface area contributed by atoms with Crippen LogP contribution in [0.2, 0.25) is 0 Å². The van der Waals surface area contributed by atoms with E-state index in [1.807, 2.05) is 6.07 Å². The SMILES string of the molecule is O=C1c2ccccc2C(=O)c2c(Br)cc(C(Br)Br)cc21. The second-order valence-electron chi connectivity index (χ2n) is 4.43. The van der Waals surface area contributed by atoms with E-state index < -0.39 is 0 Å². The van der Waals surface area contributed by atoms with Crippen LogP contribution >= 0.6 is 47.8 Å². The Morgan fingerprint density at radius 2 is 1.45 bits per heavy atom. The number of carbonyl (C=O) groups is 2. The summed E-state index contributed by atoms with van der Waals surface area (Å²) in [5.74, 6) is -0.229. The van der Waals surface area contributed by atoms with E-state index in [1.54, 1.807) is 30.3 Å². The molecular weight excluding hydrogens is 452 g/mol. The molecular formula is C15H7Br3O2. The summed E-state index contributed by atoms with van der Waals surface area (Å²) in [6, 6.07) is 10.5. The Labute approximate surface area is 141 Å². The molecule has 0 heterocycles. The molecule has 0 bridgehead atoms. The van der Waals surface area contributed by atoms with E-state index in [0.717, 1.165) is 5.56 Å². The van der Waals surface area contributed by atoms with Gasteiger partial charge in [0, 0.05) is 26.7 Å². The van der Waals surface area contributed by atoms with Crippen LogP contribution in [0.15, 0.2) is 40.9 Å². The summed E-state index contributed by atoms with van der Waals surface area (Å²) < 4.78 is 0.568. The van der Waals surface area contributed by atoms with Crippen LogP contribution in [-0.4, -0.2) is 11.6 Å². The van der Waals surface area contributed by atoms with Crippen molar-refractivity contribution in [3.8, 4) is 0 Å². The van der Waals surface area contributed by atoms with Crippen LogP contribution < -0.4 is 0 Å². The lowest BCUT2D eigenvalue weighted by molar-refractivity contribution is 0.0978. The molecule has 1 aliphatic carbocycles. The average molecular weight is 459 g/mol. The van der Waals surface area contributed by atoms with Gasteiger partial charge in [-0.15, -0.1) is 0 Å². The van der Waals surface area contributed by atoms with Gasteiger partial charge in [-0.25, -0.2) is 0 Å². The van der Waals surface area contributed by atoms with Gasteiger partial charge in [-0.1, -0.05) is 56.1 Å². The molecule has 0 atom stereocenters. The molecule has 0 unspecified atom stereocenters. The Morgan fingerprint density at radius 3 is 2.05 bits per heavy atom. The maximum atomic E-state index is 12.6. The number of rotatable bonds is 1. The molecule has 5 heteroatoms. The molecule has 0 radical (unpaired) electrons. The molecule has 0 amide bonds. The molecule has 20 heavy (non-hydrogen) atoms. The van der Waals surface area contributed by atoms with Crippen molar-refractivity contribution in [2.24, 2.45) is 0 Å². The van der Waals surface area contributed by atoms with Gasteiger partial charge in [0.25, 0.3) is 0 Å². The number of carbonyl (C=O) groups excluding carboxylic acids is 2. The standard InChI is InChI=1S/C15H7Br3O2/c16-11-6-7(15(17)18)5-10-12(11)14(20)9-4-2-1-3-8(9)13(10)19/h1-6,15H. The minimum atomic E-state index is -0.116. The summed E-state index contributed by atoms with van der Waals surface area (Å²) in [7, 11) is 0. The zero-order chi connectivity index (χ0) is 14.4. The van der Waals surface area contributed by atoms with Crippen LogP contribution in [0.5, 0.6) is 0 Å². The van der Waals surface area contributed by atoms with Gasteiger partial charge in [-0.05, 0) is 33.6 Å². The number of hydrogen-bond acceptors (Lipinski definition) is 2. The van der Waals surface area contributed by atoms with Crippen molar-refractivity contribution in [2.75, 3.05) is 0 Å². The van der Waals surface area contributed by atoms with Crippen LogP contribution in [0.3, 0.4) is 0 Å². The van der Waals surface area contributed by atoms with Crippen LogP contribution in [0.25, 0.3) is 0 Å². The van der Waals surface area contributed by atoms with Gasteiger partial charge in [-0.3, -0.25) is 9.59 Å². The summed E-state index contributed by atoms with van der Waals surface area (Å²) in [4.78, 5) is 25.1. The second-order valence-corrected chi connectivity index (χ2v) is 8.34. The maximum Gasteiger partial charge on any atom is 0.195 e. The van der Waals surface area contributed by atoms with Gasteiger partial charge in [0.1, 0.15) is 0 Å². The molecule has 1 aliphatic rings. The van der Waals surface area contributed by atoms with Gasteiger partial charge in [-0.2, -0.15) is 0 Å². The predicted molar refractivity (Wildman–Crippen MR) is 88.0 cm³/mol. The summed E-state index contributed by atoms with van der Waals surface area (Å²) in [5.41, 5.74) is 2.71. The van der Waals surface area contributed by atoms with E-state index in [9.17, 15) is 9.59 Å². The number of fused-ring (bicyclic) bond motifs is 2. The third kappa shape index (κ3) is 2.12. The third-order valence-electron chi connectivity index (χ3n) is 3.25. The molecule has 0 fully saturated rings. The number of ketones is 2. The summed E-state index contributed by atoms with van der Waals surface area (Å²) in [6.45, 7) is 0. The summed E-state index contributed by atoms with van der Waals surface area (Å²) in [5, 5.41) is 0. The first-order chi connectivity index (χ1) is 9.50. The fourth-order valence-electron chi connectivity index (χ4n) is 2.32. The molecule has 2 aromatic rings. The van der Waals surface area contributed by atoms with Crippen molar-refractivity contribution in [3.63, 3.8) is 0 Å². The number of benzene rings is 2. The topological polar surface area (TPSA) is 34.1 Å². The Bertz CT molecular complexity index is 751. The number of halogens is 3. The van der Waals surface area contributed by atoms with Crippen LogP contribution in [0.4, 0.5) is 0 Å². The minimum absolute atomic E-state index is 0.0725. The molecule has 0 N–H and O–H groups in total. The van der Waals surface area contributed by atoms with Crippen molar-refractivity contribution in [2.45, 2.75) is 3.74 Å². The number of alkyl halides is 2. The Morgan fingerprint density at radius 1 is 0.850 bits per heavy atom. The zero-order valence-electron chi connectivity index (χ0n) is 9.99. The largest absolute Gasteiger partial charge is 0.289 e. The summed E-state index contributed by atoms with van der Waals surface area (Å²) >= 11 is 10.2. The predicted octanol–water partition coefficient (Wildman–Crippen LogP) is 5.01. The highest BCUT2D eigenvalue weighted by Gasteiger charge is 2.31. The quantitative estimate of drug-likeness (QED) is 0.480. The molecule has 0 saturated heterocycles. The van der Waals surface area contributed by atoms with Crippen LogP contribution in [0, 0.1) is 0 Å². The third-order valence-corrected chi connectivity index (χ3v) is 4.94. The zero-order valence-corrected chi connectivity index (χ0v) is 14.7. The highest BCUT2D eigenvalue weighted by Crippen LogP contribution is 2.37. The smallest absolute Gasteiger partial charge is 0.195 e. The number of hydrogen-bond donors (Lipinski definition) is 0. The lowest BCUT2D eigenvalue weighted by Crippen LogP contribution is -2.21. The molecule has 3 rings (SSSR count). The molecule has 0 saturated carbocycles. The highest BCUT2D eigenvalue weighted by atomic mass is 79.9. The Balaban J connectivity index is 2.31. The van der Waals surface area contributed by atoms with Gasteiger partial charge in [0.15, 0.2) is 11.6 Å². The maximum absolute atomic E-state index is 12.6. The Kier molecular flexibility index (Phi) is 3.69. The van der Waals surface area contributed by atoms with Crippen molar-refractivity contribution in [3.05, 3.63) is 68.7 Å². The molecule has 0 aromatic heterocycles. The first-order valence-corrected chi connectivity index (χ1v) is 8.43. The van der Waals surface area contributed by atoms with Gasteiger partial charge in [0.2, 0.25) is 0 Å². The first-order valence-electron chi connectivity index (χ1n) is 5.80. The molecule has 0 aliphatic heterocycles. The van der Waals surface area contributed by atoms with E-state index in [4.69, 9.17) is 0 Å². The van der Waals surface area contributed by atoms with Crippen LogP contribution in [0.1, 0.15) is 41.1 Å². The Hall–Kier alpha value is -0.780. The first kappa shape index (κ1) is 14.2. The molecule has 0 spiro atoms. The van der Waals surface area contributed by atoms with Crippen molar-refractivity contribution in [1.82, 2.24) is 0 Å². The van der Waals surface area contributed by atoms with Gasteiger partial charge in [0.05, 0.1) is 3.74 Å². The fourth-order valence-corrected chi connectivity index (χ4v) is 3.51. The van der Waals surface area contributed by atoms with Gasteiger partial charge >= 0.3 is 0 Å². The highest BCUT2D eigenvalue weighted by molar-refractivity contribution is 9.24. The molecule has 2 nitrogen and oxygen atoms in total. The molecule has 100 valence electrons. The normalized spacial score (nSPS) is 13.4. The van der Waals surface area contributed by atoms with Crippen molar-refractivity contribution in [1.29, 1.82) is 0 Å². The van der Waals surface area contributed by atoms with E-state index in [1.165, 1.54) is 0 Å². The monoisotopic (exact) mass is 456 g/mol. The van der Waals surface area contributed by atoms with E-state index >= 15 is 0 Å². The van der Waals surface area contributed by atoms with Crippen LogP contribution in [-0.2, 0) is 0 Å². The minimum Gasteiger partial charge on any atom is -0.289 e. The lowest BCUT2D eigenvalue weighted by Gasteiger charge is -2.19. The van der Waals surface area contributed by atoms with E-state index in [0.29, 0.717) is 26.7 Å². The van der Waals surface area contributed by atoms with Crippen molar-refractivity contribution >= 4 is 59.4 Å². The summed E-state index contributed by atoms with van der Waals surface area (Å²) in [6.07, 6.45) is 0. The lowest BCUT2D eigenvalue weighted by atomic mass is 9.83. The fraction of sp³-hybridized carbons (Fsp3) is 0.0667. The van der Waals surface area contributed by atoms with E-state index in [-0.39, 0.29) is 15.3 Å². The van der Waals surface area contributed by atoms with Crippen molar-refractivity contribution < 1.29 is 9.59 Å². The molecule has 2 aromatic carbocycles. The van der Waals surface area contributed by atoms with E-state index in [2.05, 4.69) is 47.8 Å². The average Bonchev–Trinajstić information content (AvgIpc) is 2.44.